The van der Waals surface area contributed by atoms with Gasteiger partial charge in [-0.05, 0) is 24.1 Å². The van der Waals surface area contributed by atoms with E-state index >= 15 is 0 Å². The Hall–Kier alpha value is -0.386. The van der Waals surface area contributed by atoms with Gasteiger partial charge in [0.2, 0.25) is 0 Å². The summed E-state index contributed by atoms with van der Waals surface area (Å²) in [4.78, 5) is 0. The van der Waals surface area contributed by atoms with E-state index in [2.05, 4.69) is 50.3 Å². The molecule has 2 atom stereocenters. The highest BCUT2D eigenvalue weighted by Gasteiger charge is 2.11. The van der Waals surface area contributed by atoms with Crippen LogP contribution in [-0.4, -0.2) is 18.8 Å². The zero-order chi connectivity index (χ0) is 10.4. The van der Waals surface area contributed by atoms with E-state index in [0.29, 0.717) is 5.92 Å². The summed E-state index contributed by atoms with van der Waals surface area (Å²) in [6.45, 7) is 6.84. The minimum Gasteiger partial charge on any atom is -0.463 e. The van der Waals surface area contributed by atoms with Gasteiger partial charge in [0.1, 0.15) is 9.76 Å². The summed E-state index contributed by atoms with van der Waals surface area (Å²) in [7, 11) is -1.06. The van der Waals surface area contributed by atoms with Gasteiger partial charge >= 0.3 is 0 Å². The third kappa shape index (κ3) is 3.78. The van der Waals surface area contributed by atoms with Gasteiger partial charge in [-0.25, -0.2) is 0 Å². The summed E-state index contributed by atoms with van der Waals surface area (Å²) in [6, 6.07) is 12.0. The molecular weight excluding hydrogens is 204 g/mol. The van der Waals surface area contributed by atoms with E-state index in [-0.39, 0.29) is 9.76 Å². The summed E-state index contributed by atoms with van der Waals surface area (Å²) in [6.07, 6.45) is 0. The van der Waals surface area contributed by atoms with Gasteiger partial charge in [0.25, 0.3) is 0 Å². The average Bonchev–Trinajstić information content (AvgIpc) is 2.19. The molecule has 1 rings (SSSR count). The van der Waals surface area contributed by atoms with Gasteiger partial charge in [-0.1, -0.05) is 43.8 Å². The van der Waals surface area contributed by atoms with E-state index in [4.69, 9.17) is 4.12 Å². The van der Waals surface area contributed by atoms with Crippen LogP contribution in [0.25, 0.3) is 0 Å². The second-order valence-electron chi connectivity index (χ2n) is 3.81. The highest BCUT2D eigenvalue weighted by molar-refractivity contribution is 6.57. The maximum Gasteiger partial charge on any atom is 0.160 e. The van der Waals surface area contributed by atoms with Gasteiger partial charge in [0.15, 0.2) is 9.04 Å². The number of benzene rings is 1. The van der Waals surface area contributed by atoms with Crippen molar-refractivity contribution >= 4 is 18.8 Å². The number of rotatable bonds is 5. The lowest BCUT2D eigenvalue weighted by molar-refractivity contribution is 0.606. The Morgan fingerprint density at radius 1 is 1.36 bits per heavy atom. The van der Waals surface area contributed by atoms with Gasteiger partial charge in [-0.2, -0.15) is 0 Å². The lowest BCUT2D eigenvalue weighted by Gasteiger charge is -2.16. The van der Waals surface area contributed by atoms with Crippen LogP contribution in [-0.2, 0) is 4.12 Å². The second kappa shape index (κ2) is 6.16. The summed E-state index contributed by atoms with van der Waals surface area (Å²) in [5.74, 6) is 0.665. The molecule has 14 heavy (non-hydrogen) atoms. The van der Waals surface area contributed by atoms with Gasteiger partial charge < -0.3 is 4.12 Å². The number of hydrogen-bond acceptors (Lipinski definition) is 1. The van der Waals surface area contributed by atoms with Crippen LogP contribution in [0.5, 0.6) is 0 Å². The Morgan fingerprint density at radius 3 is 2.57 bits per heavy atom. The molecule has 3 heteroatoms. The van der Waals surface area contributed by atoms with Crippen molar-refractivity contribution < 1.29 is 4.12 Å². The zero-order valence-corrected chi connectivity index (χ0v) is 11.9. The van der Waals surface area contributed by atoms with Gasteiger partial charge in [0, 0.05) is 0 Å². The molecule has 0 saturated heterocycles. The first-order chi connectivity index (χ1) is 6.74. The van der Waals surface area contributed by atoms with E-state index in [1.54, 1.807) is 0 Å². The van der Waals surface area contributed by atoms with Crippen molar-refractivity contribution in [3.05, 3.63) is 35.9 Å². The fraction of sp³-hybridized carbons (Fsp3) is 0.455. The monoisotopic (exact) mass is 224 g/mol. The van der Waals surface area contributed by atoms with Crippen molar-refractivity contribution in [1.29, 1.82) is 0 Å². The topological polar surface area (TPSA) is 9.23 Å². The Morgan fingerprint density at radius 2 is 2.00 bits per heavy atom. The van der Waals surface area contributed by atoms with Gasteiger partial charge in [0.05, 0.1) is 0 Å². The summed E-state index contributed by atoms with van der Waals surface area (Å²) >= 11 is 0. The quantitative estimate of drug-likeness (QED) is 0.697. The molecule has 0 saturated carbocycles. The van der Waals surface area contributed by atoms with Crippen molar-refractivity contribution in [2.24, 2.45) is 0 Å². The third-order valence-electron chi connectivity index (χ3n) is 2.51. The predicted molar refractivity (Wildman–Crippen MR) is 68.2 cm³/mol. The molecule has 1 aromatic rings. The van der Waals surface area contributed by atoms with Crippen molar-refractivity contribution in [2.75, 3.05) is 0 Å². The molecular formula is C11H20OSi2. The first kappa shape index (κ1) is 11.7. The Balaban J connectivity index is 2.46. The molecule has 78 valence electrons. The molecule has 1 aromatic carbocycles. The number of hydrogen-bond donors (Lipinski definition) is 0. The molecule has 0 aliphatic rings. The van der Waals surface area contributed by atoms with Crippen LogP contribution in [0.1, 0.15) is 18.4 Å². The molecule has 0 heterocycles. The lowest BCUT2D eigenvalue weighted by Crippen LogP contribution is -2.17. The third-order valence-corrected chi connectivity index (χ3v) is 7.49. The minimum absolute atomic E-state index is 0.195. The molecule has 0 bridgehead atoms. The molecule has 0 aliphatic heterocycles. The van der Waals surface area contributed by atoms with Crippen molar-refractivity contribution in [3.8, 4) is 0 Å². The standard InChI is InChI=1S/C11H20OSi2/c1-10(9-14(3)12-13-2)11-7-5-4-6-8-11/h4-8,10,14H,9,13H2,1-3H3. The molecule has 0 fully saturated rings. The predicted octanol–water partition coefficient (Wildman–Crippen LogP) is 2.29. The SMILES string of the molecule is C[SiH2]O[SiH](C)CC(C)c1ccccc1. The molecule has 2 unspecified atom stereocenters. The Bertz CT molecular complexity index is 251. The van der Waals surface area contributed by atoms with E-state index in [1.807, 2.05) is 0 Å². The van der Waals surface area contributed by atoms with Crippen LogP contribution in [0.3, 0.4) is 0 Å². The van der Waals surface area contributed by atoms with Crippen LogP contribution >= 0.6 is 0 Å². The van der Waals surface area contributed by atoms with E-state index in [0.717, 1.165) is 0 Å². The molecule has 0 amide bonds. The highest BCUT2D eigenvalue weighted by Crippen LogP contribution is 2.20. The van der Waals surface area contributed by atoms with Crippen molar-refractivity contribution in [2.45, 2.75) is 32.0 Å². The molecule has 0 radical (unpaired) electrons. The van der Waals surface area contributed by atoms with Gasteiger partial charge in [-0.3, -0.25) is 0 Å². The van der Waals surface area contributed by atoms with E-state index in [9.17, 15) is 0 Å². The normalized spacial score (nSPS) is 15.9. The summed E-state index contributed by atoms with van der Waals surface area (Å²) in [5, 5.41) is 0. The zero-order valence-electron chi connectivity index (χ0n) is 9.36. The molecule has 0 aliphatic carbocycles. The maximum absolute atomic E-state index is 5.81. The fourth-order valence-corrected chi connectivity index (χ4v) is 5.86. The Kier molecular flexibility index (Phi) is 5.15. The van der Waals surface area contributed by atoms with Crippen LogP contribution in [0.2, 0.25) is 19.1 Å². The maximum atomic E-state index is 5.81. The molecule has 0 aromatic heterocycles. The first-order valence-corrected chi connectivity index (χ1v) is 9.84. The minimum atomic E-state index is -0.868. The second-order valence-corrected chi connectivity index (χ2v) is 7.82. The van der Waals surface area contributed by atoms with E-state index in [1.165, 1.54) is 11.6 Å². The lowest BCUT2D eigenvalue weighted by atomic mass is 10.0. The smallest absolute Gasteiger partial charge is 0.160 e. The van der Waals surface area contributed by atoms with Gasteiger partial charge in [-0.15, -0.1) is 0 Å². The first-order valence-electron chi connectivity index (χ1n) is 5.40. The largest absolute Gasteiger partial charge is 0.463 e. The summed E-state index contributed by atoms with van der Waals surface area (Å²) in [5.41, 5.74) is 1.45. The molecule has 0 spiro atoms. The highest BCUT2D eigenvalue weighted by atomic mass is 28.3. The van der Waals surface area contributed by atoms with Crippen molar-refractivity contribution in [3.63, 3.8) is 0 Å². The van der Waals surface area contributed by atoms with E-state index < -0.39 is 9.04 Å². The van der Waals surface area contributed by atoms with Crippen LogP contribution < -0.4 is 0 Å². The molecule has 0 N–H and O–H groups in total. The van der Waals surface area contributed by atoms with Crippen LogP contribution in [0, 0.1) is 0 Å². The van der Waals surface area contributed by atoms with Crippen LogP contribution in [0.4, 0.5) is 0 Å². The van der Waals surface area contributed by atoms with Crippen molar-refractivity contribution in [1.82, 2.24) is 0 Å². The fourth-order valence-electron chi connectivity index (χ4n) is 1.77. The Labute approximate surface area is 91.2 Å². The summed E-state index contributed by atoms with van der Waals surface area (Å²) < 4.78 is 5.81. The average molecular weight is 224 g/mol. The molecule has 1 nitrogen and oxygen atoms in total. The van der Waals surface area contributed by atoms with Crippen LogP contribution in [0.15, 0.2) is 30.3 Å².